The van der Waals surface area contributed by atoms with E-state index in [1.807, 2.05) is 30.3 Å². The van der Waals surface area contributed by atoms with Crippen molar-refractivity contribution in [3.05, 3.63) is 59.2 Å². The molecule has 2 N–H and O–H groups in total. The molecule has 3 rings (SSSR count). The van der Waals surface area contributed by atoms with Crippen molar-refractivity contribution in [3.8, 4) is 17.2 Å². The number of benzene rings is 2. The summed E-state index contributed by atoms with van der Waals surface area (Å²) in [4.78, 5) is 13.6. The first-order valence-corrected chi connectivity index (χ1v) is 9.36. The van der Waals surface area contributed by atoms with Gasteiger partial charge < -0.3 is 24.4 Å². The molecular weight excluding hydrogens is 356 g/mol. The van der Waals surface area contributed by atoms with Gasteiger partial charge in [0.2, 0.25) is 11.7 Å². The standard InChI is InChI=1S/C22H26N2O4/c1-24(2)15-18-7-5-4-6-17(18)14-23-21(25)9-8-16-12-19(26-3)22-20(13-16)27-10-11-28-22/h4-9,12-13H,10-11,14-15H2,1-3H3,(H,23,25)/p+1/b9-8+. The number of ether oxygens (including phenoxy) is 3. The second kappa shape index (κ2) is 9.28. The van der Waals surface area contributed by atoms with E-state index in [4.69, 9.17) is 14.2 Å². The minimum absolute atomic E-state index is 0.152. The van der Waals surface area contributed by atoms with Gasteiger partial charge in [0, 0.05) is 18.2 Å². The molecule has 28 heavy (non-hydrogen) atoms. The highest BCUT2D eigenvalue weighted by Crippen LogP contribution is 2.40. The minimum atomic E-state index is -0.152. The molecule has 1 heterocycles. The summed E-state index contributed by atoms with van der Waals surface area (Å²) in [6, 6.07) is 11.8. The van der Waals surface area contributed by atoms with Crippen molar-refractivity contribution in [2.24, 2.45) is 0 Å². The van der Waals surface area contributed by atoms with E-state index in [1.54, 1.807) is 13.2 Å². The zero-order valence-corrected chi connectivity index (χ0v) is 16.6. The quantitative estimate of drug-likeness (QED) is 0.711. The first-order chi connectivity index (χ1) is 13.6. The molecule has 1 aliphatic heterocycles. The lowest BCUT2D eigenvalue weighted by Gasteiger charge is -2.20. The number of carbonyl (C=O) groups excluding carboxylic acids is 1. The Labute approximate surface area is 165 Å². The highest BCUT2D eigenvalue weighted by Gasteiger charge is 2.17. The second-order valence-corrected chi connectivity index (χ2v) is 6.95. The largest absolute Gasteiger partial charge is 0.493 e. The Kier molecular flexibility index (Phi) is 6.55. The van der Waals surface area contributed by atoms with Crippen molar-refractivity contribution in [1.29, 1.82) is 0 Å². The highest BCUT2D eigenvalue weighted by molar-refractivity contribution is 5.91. The zero-order chi connectivity index (χ0) is 19.9. The van der Waals surface area contributed by atoms with E-state index >= 15 is 0 Å². The third-order valence-electron chi connectivity index (χ3n) is 4.39. The van der Waals surface area contributed by atoms with Crippen LogP contribution in [0.4, 0.5) is 0 Å². The van der Waals surface area contributed by atoms with E-state index in [-0.39, 0.29) is 5.91 Å². The van der Waals surface area contributed by atoms with Gasteiger partial charge in [-0.05, 0) is 29.3 Å². The Balaban J connectivity index is 1.65. The van der Waals surface area contributed by atoms with Gasteiger partial charge in [-0.2, -0.15) is 0 Å². The van der Waals surface area contributed by atoms with Gasteiger partial charge in [0.05, 0.1) is 21.2 Å². The fourth-order valence-electron chi connectivity index (χ4n) is 3.09. The Morgan fingerprint density at radius 2 is 1.93 bits per heavy atom. The monoisotopic (exact) mass is 383 g/mol. The number of carbonyl (C=O) groups is 1. The number of quaternary nitrogens is 1. The first kappa shape index (κ1) is 19.8. The van der Waals surface area contributed by atoms with Crippen LogP contribution in [-0.2, 0) is 17.9 Å². The van der Waals surface area contributed by atoms with Crippen LogP contribution in [0.1, 0.15) is 16.7 Å². The van der Waals surface area contributed by atoms with Crippen LogP contribution in [0, 0.1) is 0 Å². The van der Waals surface area contributed by atoms with E-state index in [2.05, 4.69) is 25.5 Å². The highest BCUT2D eigenvalue weighted by atomic mass is 16.6. The molecule has 0 unspecified atom stereocenters. The molecule has 0 radical (unpaired) electrons. The number of rotatable bonds is 7. The number of amides is 1. The van der Waals surface area contributed by atoms with Gasteiger partial charge in [-0.25, -0.2) is 0 Å². The Morgan fingerprint density at radius 1 is 1.18 bits per heavy atom. The lowest BCUT2D eigenvalue weighted by atomic mass is 10.1. The van der Waals surface area contributed by atoms with E-state index in [0.717, 1.165) is 17.7 Å². The van der Waals surface area contributed by atoms with Crippen molar-refractivity contribution in [1.82, 2.24) is 5.32 Å². The fraction of sp³-hybridized carbons (Fsp3) is 0.318. The van der Waals surface area contributed by atoms with Crippen LogP contribution < -0.4 is 24.4 Å². The van der Waals surface area contributed by atoms with Crippen molar-refractivity contribution < 1.29 is 23.9 Å². The number of hydrogen-bond donors (Lipinski definition) is 2. The molecule has 1 amide bonds. The Bertz CT molecular complexity index is 844. The number of nitrogens with one attached hydrogen (secondary N) is 2. The third kappa shape index (κ3) is 5.04. The lowest BCUT2D eigenvalue weighted by Crippen LogP contribution is -3.04. The van der Waals surface area contributed by atoms with Crippen LogP contribution in [0.3, 0.4) is 0 Å². The summed E-state index contributed by atoms with van der Waals surface area (Å²) in [6.07, 6.45) is 3.26. The van der Waals surface area contributed by atoms with Gasteiger partial charge in [-0.3, -0.25) is 4.79 Å². The van der Waals surface area contributed by atoms with Gasteiger partial charge in [0.1, 0.15) is 19.8 Å². The molecule has 6 heteroatoms. The summed E-state index contributed by atoms with van der Waals surface area (Å²) in [7, 11) is 5.81. The van der Waals surface area contributed by atoms with Gasteiger partial charge in [0.15, 0.2) is 11.5 Å². The van der Waals surface area contributed by atoms with Crippen molar-refractivity contribution in [2.75, 3.05) is 34.4 Å². The van der Waals surface area contributed by atoms with Crippen LogP contribution in [0.5, 0.6) is 17.2 Å². The second-order valence-electron chi connectivity index (χ2n) is 6.95. The van der Waals surface area contributed by atoms with Gasteiger partial charge in [0.25, 0.3) is 0 Å². The van der Waals surface area contributed by atoms with Gasteiger partial charge in [-0.1, -0.05) is 24.3 Å². The predicted octanol–water partition coefficient (Wildman–Crippen LogP) is 1.44. The van der Waals surface area contributed by atoms with Crippen molar-refractivity contribution in [3.63, 3.8) is 0 Å². The van der Waals surface area contributed by atoms with Crippen molar-refractivity contribution in [2.45, 2.75) is 13.1 Å². The van der Waals surface area contributed by atoms with Crippen LogP contribution in [0.15, 0.2) is 42.5 Å². The van der Waals surface area contributed by atoms with Gasteiger partial charge >= 0.3 is 0 Å². The fourth-order valence-corrected chi connectivity index (χ4v) is 3.09. The predicted molar refractivity (Wildman–Crippen MR) is 108 cm³/mol. The molecule has 0 saturated heterocycles. The molecular formula is C22H27N2O4+. The maximum Gasteiger partial charge on any atom is 0.244 e. The average molecular weight is 383 g/mol. The van der Waals surface area contributed by atoms with Crippen molar-refractivity contribution >= 4 is 12.0 Å². The minimum Gasteiger partial charge on any atom is -0.493 e. The van der Waals surface area contributed by atoms with Gasteiger partial charge in [-0.15, -0.1) is 0 Å². The smallest absolute Gasteiger partial charge is 0.244 e. The Hall–Kier alpha value is -2.99. The zero-order valence-electron chi connectivity index (χ0n) is 16.6. The summed E-state index contributed by atoms with van der Waals surface area (Å²) >= 11 is 0. The molecule has 0 spiro atoms. The lowest BCUT2D eigenvalue weighted by molar-refractivity contribution is -0.872. The molecule has 6 nitrogen and oxygen atoms in total. The first-order valence-electron chi connectivity index (χ1n) is 9.36. The Morgan fingerprint density at radius 3 is 2.68 bits per heavy atom. The maximum absolute atomic E-state index is 12.3. The van der Waals surface area contributed by atoms with Crippen LogP contribution >= 0.6 is 0 Å². The van der Waals surface area contributed by atoms with Crippen LogP contribution in [0.25, 0.3) is 6.08 Å². The molecule has 0 aliphatic carbocycles. The van der Waals surface area contributed by atoms with Crippen LogP contribution in [0.2, 0.25) is 0 Å². The summed E-state index contributed by atoms with van der Waals surface area (Å²) in [5, 5.41) is 2.95. The van der Waals surface area contributed by atoms with E-state index in [9.17, 15) is 4.79 Å². The number of fused-ring (bicyclic) bond motifs is 1. The van der Waals surface area contributed by atoms with E-state index in [1.165, 1.54) is 16.5 Å². The third-order valence-corrected chi connectivity index (χ3v) is 4.39. The summed E-state index contributed by atoms with van der Waals surface area (Å²) in [5.41, 5.74) is 3.18. The molecule has 0 atom stereocenters. The normalized spacial score (nSPS) is 13.0. The summed E-state index contributed by atoms with van der Waals surface area (Å²) < 4.78 is 16.6. The summed E-state index contributed by atoms with van der Waals surface area (Å²) in [5.74, 6) is 1.68. The molecule has 0 fully saturated rings. The number of methoxy groups -OCH3 is 1. The molecule has 1 aliphatic rings. The summed E-state index contributed by atoms with van der Waals surface area (Å²) in [6.45, 7) is 2.41. The SMILES string of the molecule is COc1cc(/C=C/C(=O)NCc2ccccc2C[NH+](C)C)cc2c1OCCO2. The number of hydrogen-bond acceptors (Lipinski definition) is 4. The molecule has 0 bridgehead atoms. The van der Waals surface area contributed by atoms with E-state index < -0.39 is 0 Å². The van der Waals surface area contributed by atoms with E-state index in [0.29, 0.717) is 37.0 Å². The van der Waals surface area contributed by atoms with Crippen LogP contribution in [-0.4, -0.2) is 40.3 Å². The average Bonchev–Trinajstić information content (AvgIpc) is 2.70. The molecule has 2 aromatic rings. The maximum atomic E-state index is 12.3. The molecule has 0 aromatic heterocycles. The topological polar surface area (TPSA) is 61.2 Å². The molecule has 0 saturated carbocycles. The molecule has 2 aromatic carbocycles. The molecule has 148 valence electrons.